The van der Waals surface area contributed by atoms with E-state index in [0.717, 1.165) is 11.1 Å². The Morgan fingerprint density at radius 1 is 1.03 bits per heavy atom. The first-order valence-electron chi connectivity index (χ1n) is 11.4. The number of amides is 3. The molecule has 2 aromatic carbocycles. The molecule has 1 aliphatic heterocycles. The Hall–Kier alpha value is -3.55. The van der Waals surface area contributed by atoms with Gasteiger partial charge in [0, 0.05) is 44.1 Å². The summed E-state index contributed by atoms with van der Waals surface area (Å²) in [7, 11) is 3.12. The Morgan fingerprint density at radius 2 is 1.68 bits per heavy atom. The van der Waals surface area contributed by atoms with Crippen molar-refractivity contribution in [2.45, 2.75) is 45.2 Å². The molecule has 1 heterocycles. The summed E-state index contributed by atoms with van der Waals surface area (Å²) < 4.78 is 10.6. The van der Waals surface area contributed by atoms with Crippen molar-refractivity contribution in [1.82, 2.24) is 15.5 Å². The number of benzene rings is 2. The van der Waals surface area contributed by atoms with Gasteiger partial charge in [-0.25, -0.2) is 0 Å². The number of methoxy groups -OCH3 is 2. The van der Waals surface area contributed by atoms with Gasteiger partial charge in [0.2, 0.25) is 11.8 Å². The molecular formula is C26H33N3O5. The highest BCUT2D eigenvalue weighted by Gasteiger charge is 2.28. The fourth-order valence-electron chi connectivity index (χ4n) is 4.16. The number of nitrogens with one attached hydrogen (secondary N) is 2. The van der Waals surface area contributed by atoms with Gasteiger partial charge in [0.25, 0.3) is 5.91 Å². The van der Waals surface area contributed by atoms with Crippen LogP contribution in [0.4, 0.5) is 0 Å². The third kappa shape index (κ3) is 6.73. The summed E-state index contributed by atoms with van der Waals surface area (Å²) in [4.78, 5) is 39.5. The molecule has 2 N–H and O–H groups in total. The minimum atomic E-state index is -0.735. The minimum Gasteiger partial charge on any atom is -0.497 e. The van der Waals surface area contributed by atoms with Gasteiger partial charge in [-0.1, -0.05) is 17.7 Å². The van der Waals surface area contributed by atoms with Gasteiger partial charge in [0.1, 0.15) is 17.5 Å². The van der Waals surface area contributed by atoms with Crippen molar-refractivity contribution in [3.8, 4) is 11.5 Å². The monoisotopic (exact) mass is 467 g/mol. The van der Waals surface area contributed by atoms with Crippen LogP contribution in [0.2, 0.25) is 0 Å². The van der Waals surface area contributed by atoms with Crippen LogP contribution < -0.4 is 20.1 Å². The number of hydrogen-bond acceptors (Lipinski definition) is 5. The first kappa shape index (κ1) is 25.1. The number of carbonyl (C=O) groups excluding carboxylic acids is 3. The smallest absolute Gasteiger partial charge is 0.253 e. The molecular weight excluding hydrogens is 434 g/mol. The average molecular weight is 468 g/mol. The van der Waals surface area contributed by atoms with Gasteiger partial charge >= 0.3 is 0 Å². The van der Waals surface area contributed by atoms with E-state index in [9.17, 15) is 14.4 Å². The molecule has 0 saturated carbocycles. The van der Waals surface area contributed by atoms with E-state index in [2.05, 4.69) is 10.6 Å². The average Bonchev–Trinajstić information content (AvgIpc) is 2.83. The second-order valence-electron chi connectivity index (χ2n) is 8.62. The fraction of sp³-hybridized carbons (Fsp3) is 0.423. The lowest BCUT2D eigenvalue weighted by molar-refractivity contribution is -0.128. The quantitative estimate of drug-likeness (QED) is 0.622. The van der Waals surface area contributed by atoms with Crippen LogP contribution >= 0.6 is 0 Å². The van der Waals surface area contributed by atoms with Gasteiger partial charge in [-0.2, -0.15) is 0 Å². The summed E-state index contributed by atoms with van der Waals surface area (Å²) in [5, 5.41) is 5.81. The maximum Gasteiger partial charge on any atom is 0.253 e. The summed E-state index contributed by atoms with van der Waals surface area (Å²) in [6.07, 6.45) is 1.61. The van der Waals surface area contributed by atoms with E-state index in [-0.39, 0.29) is 23.8 Å². The first-order valence-corrected chi connectivity index (χ1v) is 11.4. The predicted molar refractivity (Wildman–Crippen MR) is 129 cm³/mol. The largest absolute Gasteiger partial charge is 0.497 e. The lowest BCUT2D eigenvalue weighted by Crippen LogP contribution is -2.53. The molecule has 0 bridgehead atoms. The Bertz CT molecular complexity index is 1010. The Morgan fingerprint density at radius 3 is 2.24 bits per heavy atom. The van der Waals surface area contributed by atoms with E-state index in [4.69, 9.17) is 9.47 Å². The van der Waals surface area contributed by atoms with Crippen molar-refractivity contribution >= 4 is 17.7 Å². The molecule has 0 aliphatic carbocycles. The van der Waals surface area contributed by atoms with Crippen LogP contribution in [-0.4, -0.2) is 62.0 Å². The second kappa shape index (κ2) is 11.5. The van der Waals surface area contributed by atoms with Crippen molar-refractivity contribution in [3.05, 3.63) is 59.2 Å². The van der Waals surface area contributed by atoms with Crippen molar-refractivity contribution in [2.75, 3.05) is 27.3 Å². The summed E-state index contributed by atoms with van der Waals surface area (Å²) in [5.74, 6) is 0.703. The van der Waals surface area contributed by atoms with Crippen LogP contribution in [0.5, 0.6) is 11.5 Å². The van der Waals surface area contributed by atoms with Gasteiger partial charge in [0.05, 0.1) is 14.2 Å². The van der Waals surface area contributed by atoms with E-state index in [0.29, 0.717) is 49.4 Å². The number of piperidine rings is 1. The topological polar surface area (TPSA) is 97.0 Å². The number of carbonyl (C=O) groups is 3. The van der Waals surface area contributed by atoms with E-state index in [1.807, 2.05) is 48.2 Å². The Labute approximate surface area is 200 Å². The SMILES string of the molecule is COc1cc(C[C@@H](NC(C)=O)C(=O)NC2CCN(C(=O)c3cccc(C)c3)CC2)cc(OC)c1. The summed E-state index contributed by atoms with van der Waals surface area (Å²) in [5.41, 5.74) is 2.54. The van der Waals surface area contributed by atoms with E-state index in [1.54, 1.807) is 20.3 Å². The summed E-state index contributed by atoms with van der Waals surface area (Å²) in [6, 6.07) is 12.2. The molecule has 182 valence electrons. The third-order valence-electron chi connectivity index (χ3n) is 5.94. The lowest BCUT2D eigenvalue weighted by atomic mass is 10.0. The van der Waals surface area contributed by atoms with Crippen molar-refractivity contribution in [3.63, 3.8) is 0 Å². The highest BCUT2D eigenvalue weighted by molar-refractivity contribution is 5.94. The van der Waals surface area contributed by atoms with Crippen LogP contribution in [0.1, 0.15) is 41.3 Å². The maximum absolute atomic E-state index is 13.1. The molecule has 1 saturated heterocycles. The molecule has 0 radical (unpaired) electrons. The van der Waals surface area contributed by atoms with Crippen LogP contribution in [-0.2, 0) is 16.0 Å². The Balaban J connectivity index is 1.61. The highest BCUT2D eigenvalue weighted by atomic mass is 16.5. The highest BCUT2D eigenvalue weighted by Crippen LogP contribution is 2.23. The standard InChI is InChI=1S/C26H33N3O5/c1-17-6-5-7-20(12-17)26(32)29-10-8-21(9-11-29)28-25(31)24(27-18(2)30)15-19-13-22(33-3)16-23(14-19)34-4/h5-7,12-14,16,21,24H,8-11,15H2,1-4H3,(H,27,30)(H,28,31)/t24-/m1/s1. The summed E-state index contributed by atoms with van der Waals surface area (Å²) >= 11 is 0. The van der Waals surface area contributed by atoms with Crippen molar-refractivity contribution < 1.29 is 23.9 Å². The molecule has 0 spiro atoms. The normalized spacial score (nSPS) is 14.8. The molecule has 2 aromatic rings. The minimum absolute atomic E-state index is 0.0107. The zero-order chi connectivity index (χ0) is 24.7. The van der Waals surface area contributed by atoms with Gasteiger partial charge < -0.3 is 25.0 Å². The van der Waals surface area contributed by atoms with Crippen LogP contribution in [0.3, 0.4) is 0 Å². The maximum atomic E-state index is 13.1. The number of rotatable bonds is 8. The number of nitrogens with zero attached hydrogens (tertiary/aromatic N) is 1. The van der Waals surface area contributed by atoms with E-state index >= 15 is 0 Å². The van der Waals surface area contributed by atoms with Gasteiger partial charge in [-0.15, -0.1) is 0 Å². The molecule has 1 fully saturated rings. The van der Waals surface area contributed by atoms with Crippen molar-refractivity contribution in [1.29, 1.82) is 0 Å². The molecule has 1 aliphatic rings. The number of aryl methyl sites for hydroxylation is 1. The molecule has 0 unspecified atom stereocenters. The van der Waals surface area contributed by atoms with Crippen LogP contribution in [0.15, 0.2) is 42.5 Å². The third-order valence-corrected chi connectivity index (χ3v) is 5.94. The number of ether oxygens (including phenoxy) is 2. The molecule has 8 nitrogen and oxygen atoms in total. The van der Waals surface area contributed by atoms with Gasteiger partial charge in [-0.05, 0) is 49.6 Å². The predicted octanol–water partition coefficient (Wildman–Crippen LogP) is 2.48. The molecule has 0 aromatic heterocycles. The zero-order valence-electron chi connectivity index (χ0n) is 20.2. The Kier molecular flexibility index (Phi) is 8.51. The van der Waals surface area contributed by atoms with Crippen LogP contribution in [0.25, 0.3) is 0 Å². The molecule has 3 amide bonds. The summed E-state index contributed by atoms with van der Waals surface area (Å²) in [6.45, 7) is 4.48. The van der Waals surface area contributed by atoms with Gasteiger partial charge in [-0.3, -0.25) is 14.4 Å². The second-order valence-corrected chi connectivity index (χ2v) is 8.62. The lowest BCUT2D eigenvalue weighted by Gasteiger charge is -2.33. The zero-order valence-corrected chi connectivity index (χ0v) is 20.2. The molecule has 8 heteroatoms. The first-order chi connectivity index (χ1) is 16.3. The van der Waals surface area contributed by atoms with E-state index < -0.39 is 6.04 Å². The fourth-order valence-corrected chi connectivity index (χ4v) is 4.16. The van der Waals surface area contributed by atoms with Gasteiger partial charge in [0.15, 0.2) is 0 Å². The number of likely N-dealkylation sites (tertiary alicyclic amines) is 1. The molecule has 3 rings (SSSR count). The van der Waals surface area contributed by atoms with Crippen molar-refractivity contribution in [2.24, 2.45) is 0 Å². The molecule has 34 heavy (non-hydrogen) atoms. The van der Waals surface area contributed by atoms with E-state index in [1.165, 1.54) is 6.92 Å². The number of hydrogen-bond donors (Lipinski definition) is 2. The van der Waals surface area contributed by atoms with Crippen LogP contribution in [0, 0.1) is 6.92 Å². The molecule has 1 atom stereocenters.